The van der Waals surface area contributed by atoms with Crippen LogP contribution in [0.5, 0.6) is 5.75 Å². The number of aromatic carboxylic acids is 1. The number of benzene rings is 1. The summed E-state index contributed by atoms with van der Waals surface area (Å²) in [5.74, 6) is -0.676. The van der Waals surface area contributed by atoms with Crippen molar-refractivity contribution in [2.45, 2.75) is 6.61 Å². The van der Waals surface area contributed by atoms with Gasteiger partial charge in [-0.2, -0.15) is 5.10 Å². The van der Waals surface area contributed by atoms with Crippen molar-refractivity contribution in [2.24, 2.45) is 7.05 Å². The van der Waals surface area contributed by atoms with Gasteiger partial charge in [0.2, 0.25) is 0 Å². The van der Waals surface area contributed by atoms with Gasteiger partial charge in [-0.15, -0.1) is 0 Å². The molecule has 0 aliphatic carbocycles. The number of carbonyl (C=O) groups is 1. The van der Waals surface area contributed by atoms with Crippen LogP contribution in [0, 0.1) is 0 Å². The maximum Gasteiger partial charge on any atom is 0.339 e. The molecule has 5 nitrogen and oxygen atoms in total. The number of carboxylic acids is 1. The van der Waals surface area contributed by atoms with E-state index in [1.165, 1.54) is 6.07 Å². The molecule has 0 amide bonds. The third kappa shape index (κ3) is 2.89. The maximum absolute atomic E-state index is 11.0. The molecule has 0 saturated carbocycles. The van der Waals surface area contributed by atoms with Crippen molar-refractivity contribution < 1.29 is 14.6 Å². The lowest BCUT2D eigenvalue weighted by Crippen LogP contribution is -2.03. The number of nitrogens with zero attached hydrogens (tertiary/aromatic N) is 2. The highest BCUT2D eigenvalue weighted by molar-refractivity contribution is 9.10. The molecule has 6 heteroatoms. The molecule has 0 radical (unpaired) electrons. The number of aryl methyl sites for hydroxylation is 1. The Labute approximate surface area is 112 Å². The van der Waals surface area contributed by atoms with Crippen LogP contribution in [-0.2, 0) is 13.7 Å². The zero-order valence-corrected chi connectivity index (χ0v) is 11.2. The van der Waals surface area contributed by atoms with Crippen molar-refractivity contribution in [3.05, 3.63) is 46.2 Å². The fraction of sp³-hybridized carbons (Fsp3) is 0.167. The molecule has 0 saturated heterocycles. The van der Waals surface area contributed by atoms with Gasteiger partial charge >= 0.3 is 5.97 Å². The quantitative estimate of drug-likeness (QED) is 0.942. The zero-order chi connectivity index (χ0) is 13.1. The van der Waals surface area contributed by atoms with Crippen LogP contribution in [0.15, 0.2) is 35.1 Å². The van der Waals surface area contributed by atoms with Gasteiger partial charge in [-0.05, 0) is 18.2 Å². The first-order valence-electron chi connectivity index (χ1n) is 5.19. The summed E-state index contributed by atoms with van der Waals surface area (Å²) in [6.07, 6.45) is 3.50. The number of hydrogen-bond donors (Lipinski definition) is 1. The Hall–Kier alpha value is -1.82. The van der Waals surface area contributed by atoms with Gasteiger partial charge in [-0.1, -0.05) is 15.9 Å². The average molecular weight is 311 g/mol. The van der Waals surface area contributed by atoms with E-state index in [0.717, 1.165) is 10.0 Å². The average Bonchev–Trinajstić information content (AvgIpc) is 2.72. The molecule has 0 unspecified atom stereocenters. The Morgan fingerprint density at radius 2 is 2.33 bits per heavy atom. The molecule has 94 valence electrons. The fourth-order valence-electron chi connectivity index (χ4n) is 1.50. The summed E-state index contributed by atoms with van der Waals surface area (Å²) in [6, 6.07) is 4.81. The van der Waals surface area contributed by atoms with Crippen molar-refractivity contribution in [2.75, 3.05) is 0 Å². The third-order valence-electron chi connectivity index (χ3n) is 2.33. The smallest absolute Gasteiger partial charge is 0.339 e. The van der Waals surface area contributed by atoms with E-state index in [4.69, 9.17) is 9.84 Å². The van der Waals surface area contributed by atoms with Crippen LogP contribution in [0.4, 0.5) is 0 Å². The minimum absolute atomic E-state index is 0.141. The molecule has 0 aliphatic rings. The van der Waals surface area contributed by atoms with E-state index < -0.39 is 5.97 Å². The van der Waals surface area contributed by atoms with Gasteiger partial charge in [0.25, 0.3) is 0 Å². The molecule has 0 fully saturated rings. The lowest BCUT2D eigenvalue weighted by atomic mass is 10.2. The van der Waals surface area contributed by atoms with E-state index in [-0.39, 0.29) is 12.2 Å². The highest BCUT2D eigenvalue weighted by Crippen LogP contribution is 2.24. The van der Waals surface area contributed by atoms with E-state index in [1.807, 2.05) is 13.2 Å². The largest absolute Gasteiger partial charge is 0.488 e. The van der Waals surface area contributed by atoms with Crippen molar-refractivity contribution in [3.63, 3.8) is 0 Å². The maximum atomic E-state index is 11.0. The second-order valence-electron chi connectivity index (χ2n) is 3.76. The van der Waals surface area contributed by atoms with E-state index in [9.17, 15) is 4.79 Å². The summed E-state index contributed by atoms with van der Waals surface area (Å²) in [5, 5.41) is 13.1. The van der Waals surface area contributed by atoms with E-state index in [1.54, 1.807) is 23.0 Å². The molecule has 1 aromatic heterocycles. The summed E-state index contributed by atoms with van der Waals surface area (Å²) in [5.41, 5.74) is 1.02. The molecule has 2 rings (SSSR count). The monoisotopic (exact) mass is 310 g/mol. The van der Waals surface area contributed by atoms with Gasteiger partial charge in [0.1, 0.15) is 17.9 Å². The first-order chi connectivity index (χ1) is 8.56. The van der Waals surface area contributed by atoms with Crippen LogP contribution in [0.2, 0.25) is 0 Å². The lowest BCUT2D eigenvalue weighted by Gasteiger charge is -2.08. The number of hydrogen-bond acceptors (Lipinski definition) is 3. The highest BCUT2D eigenvalue weighted by atomic mass is 79.9. The van der Waals surface area contributed by atoms with Crippen molar-refractivity contribution in [3.8, 4) is 5.75 Å². The molecule has 2 aromatic rings. The Bertz CT molecular complexity index is 580. The Morgan fingerprint density at radius 1 is 1.56 bits per heavy atom. The summed E-state index contributed by atoms with van der Waals surface area (Å²) >= 11 is 3.29. The van der Waals surface area contributed by atoms with Gasteiger partial charge in [0.15, 0.2) is 0 Å². The predicted molar refractivity (Wildman–Crippen MR) is 68.6 cm³/mol. The van der Waals surface area contributed by atoms with Crippen LogP contribution in [0.3, 0.4) is 0 Å². The van der Waals surface area contributed by atoms with E-state index in [0.29, 0.717) is 5.75 Å². The van der Waals surface area contributed by atoms with Crippen molar-refractivity contribution in [1.82, 2.24) is 9.78 Å². The minimum Gasteiger partial charge on any atom is -0.488 e. The topological polar surface area (TPSA) is 64.3 Å². The molecule has 0 atom stereocenters. The predicted octanol–water partition coefficient (Wildman–Crippen LogP) is 2.46. The van der Waals surface area contributed by atoms with Crippen LogP contribution in [-0.4, -0.2) is 20.9 Å². The fourth-order valence-corrected chi connectivity index (χ4v) is 1.84. The highest BCUT2D eigenvalue weighted by Gasteiger charge is 2.12. The van der Waals surface area contributed by atoms with Crippen LogP contribution in [0.1, 0.15) is 15.9 Å². The first-order valence-corrected chi connectivity index (χ1v) is 5.99. The Kier molecular flexibility index (Phi) is 3.66. The Morgan fingerprint density at radius 3 is 2.94 bits per heavy atom. The zero-order valence-electron chi connectivity index (χ0n) is 9.63. The minimum atomic E-state index is -1.01. The molecule has 0 aliphatic heterocycles. The van der Waals surface area contributed by atoms with Crippen molar-refractivity contribution in [1.29, 1.82) is 0 Å². The Balaban J connectivity index is 2.17. The third-order valence-corrected chi connectivity index (χ3v) is 2.82. The van der Waals surface area contributed by atoms with Crippen molar-refractivity contribution >= 4 is 21.9 Å². The van der Waals surface area contributed by atoms with Gasteiger partial charge in [0, 0.05) is 23.3 Å². The second kappa shape index (κ2) is 5.22. The standard InChI is InChI=1S/C12H11BrN2O3/c1-15-6-8(5-14-15)7-18-11-4-9(13)2-3-10(11)12(16)17/h2-6H,7H2,1H3,(H,16,17). The van der Waals surface area contributed by atoms with Crippen LogP contribution < -0.4 is 4.74 Å². The second-order valence-corrected chi connectivity index (χ2v) is 4.67. The molecule has 1 N–H and O–H groups in total. The van der Waals surface area contributed by atoms with E-state index in [2.05, 4.69) is 21.0 Å². The number of ether oxygens (including phenoxy) is 1. The number of carboxylic acid groups (broad SMARTS) is 1. The molecular weight excluding hydrogens is 300 g/mol. The van der Waals surface area contributed by atoms with Gasteiger partial charge < -0.3 is 9.84 Å². The lowest BCUT2D eigenvalue weighted by molar-refractivity contribution is 0.0691. The summed E-state index contributed by atoms with van der Waals surface area (Å²) in [4.78, 5) is 11.0. The number of rotatable bonds is 4. The molecule has 18 heavy (non-hydrogen) atoms. The number of aromatic nitrogens is 2. The molecule has 1 heterocycles. The van der Waals surface area contributed by atoms with Crippen LogP contribution in [0.25, 0.3) is 0 Å². The first kappa shape index (κ1) is 12.6. The summed E-state index contributed by atoms with van der Waals surface area (Å²) < 4.78 is 7.95. The van der Waals surface area contributed by atoms with Gasteiger partial charge in [-0.25, -0.2) is 4.79 Å². The molecule has 1 aromatic carbocycles. The summed E-state index contributed by atoms with van der Waals surface area (Å²) in [7, 11) is 1.81. The SMILES string of the molecule is Cn1cc(COc2cc(Br)ccc2C(=O)O)cn1. The van der Waals surface area contributed by atoms with E-state index >= 15 is 0 Å². The van der Waals surface area contributed by atoms with Crippen LogP contribution >= 0.6 is 15.9 Å². The van der Waals surface area contributed by atoms with Gasteiger partial charge in [-0.3, -0.25) is 4.68 Å². The molecule has 0 bridgehead atoms. The molecule has 0 spiro atoms. The molecular formula is C12H11BrN2O3. The normalized spacial score (nSPS) is 10.3. The summed E-state index contributed by atoms with van der Waals surface area (Å²) in [6.45, 7) is 0.282. The van der Waals surface area contributed by atoms with Gasteiger partial charge in [0.05, 0.1) is 6.20 Å². The number of halogens is 1.